The largest absolute Gasteiger partial charge is 0.472 e. The molecule has 1 N–H and O–H groups in total. The lowest BCUT2D eigenvalue weighted by Gasteiger charge is -2.11. The van der Waals surface area contributed by atoms with E-state index >= 15 is 0 Å². The Bertz CT molecular complexity index is 633. The molecule has 0 aliphatic carbocycles. The molecule has 0 radical (unpaired) electrons. The van der Waals surface area contributed by atoms with Crippen molar-refractivity contribution in [3.8, 4) is 6.07 Å². The third-order valence-corrected chi connectivity index (χ3v) is 3.20. The predicted octanol–water partition coefficient (Wildman–Crippen LogP) is 3.58. The van der Waals surface area contributed by atoms with E-state index in [2.05, 4.69) is 5.32 Å². The molecule has 1 aromatic heterocycles. The van der Waals surface area contributed by atoms with Gasteiger partial charge < -0.3 is 9.73 Å². The monoisotopic (exact) mass is 294 g/mol. The average molecular weight is 295 g/mol. The molecule has 0 aliphatic heterocycles. The summed E-state index contributed by atoms with van der Waals surface area (Å²) in [5, 5.41) is 12.4. The topological polar surface area (TPSA) is 66.0 Å². The molecule has 0 saturated carbocycles. The molecule has 0 saturated heterocycles. The van der Waals surface area contributed by atoms with Crippen molar-refractivity contribution < 1.29 is 9.21 Å². The molecule has 0 fully saturated rings. The molecular formula is C13H8Cl2N2O2. The number of carbonyl (C=O) groups excluding carboxylic acids is 1. The summed E-state index contributed by atoms with van der Waals surface area (Å²) in [6, 6.07) is 7.46. The van der Waals surface area contributed by atoms with E-state index < -0.39 is 11.9 Å². The molecule has 4 nitrogen and oxygen atoms in total. The Kier molecular flexibility index (Phi) is 4.10. The number of halogens is 2. The van der Waals surface area contributed by atoms with Crippen molar-refractivity contribution in [1.82, 2.24) is 5.32 Å². The van der Waals surface area contributed by atoms with Crippen molar-refractivity contribution >= 4 is 29.1 Å². The van der Waals surface area contributed by atoms with Gasteiger partial charge in [0.1, 0.15) is 12.3 Å². The maximum Gasteiger partial charge on any atom is 0.255 e. The van der Waals surface area contributed by atoms with Gasteiger partial charge in [-0.3, -0.25) is 4.79 Å². The first-order valence-electron chi connectivity index (χ1n) is 5.29. The number of amides is 1. The normalized spacial score (nSPS) is 11.6. The van der Waals surface area contributed by atoms with Gasteiger partial charge in [-0.15, -0.1) is 0 Å². The molecule has 0 unspecified atom stereocenters. The minimum absolute atomic E-state index is 0.331. The number of nitriles is 1. The molecule has 19 heavy (non-hydrogen) atoms. The number of hydrogen-bond acceptors (Lipinski definition) is 3. The Morgan fingerprint density at radius 3 is 2.68 bits per heavy atom. The first kappa shape index (κ1) is 13.5. The van der Waals surface area contributed by atoms with Crippen molar-refractivity contribution in [2.45, 2.75) is 6.04 Å². The predicted molar refractivity (Wildman–Crippen MR) is 71.0 cm³/mol. The van der Waals surface area contributed by atoms with Crippen LogP contribution in [0.25, 0.3) is 0 Å². The summed E-state index contributed by atoms with van der Waals surface area (Å²) in [5.41, 5.74) is 0.911. The van der Waals surface area contributed by atoms with E-state index in [9.17, 15) is 4.79 Å². The Balaban J connectivity index is 2.19. The zero-order valence-corrected chi connectivity index (χ0v) is 11.1. The number of rotatable bonds is 3. The Labute approximate surface area is 119 Å². The zero-order chi connectivity index (χ0) is 13.8. The first-order valence-corrected chi connectivity index (χ1v) is 6.05. The van der Waals surface area contributed by atoms with E-state index in [1.807, 2.05) is 6.07 Å². The molecule has 0 spiro atoms. The highest BCUT2D eigenvalue weighted by atomic mass is 35.5. The van der Waals surface area contributed by atoms with Crippen molar-refractivity contribution in [1.29, 1.82) is 5.26 Å². The molecule has 1 amide bonds. The van der Waals surface area contributed by atoms with Crippen LogP contribution >= 0.6 is 23.2 Å². The minimum atomic E-state index is -0.808. The van der Waals surface area contributed by atoms with E-state index in [1.54, 1.807) is 18.2 Å². The van der Waals surface area contributed by atoms with Crippen LogP contribution in [0.5, 0.6) is 0 Å². The minimum Gasteiger partial charge on any atom is -0.472 e. The van der Waals surface area contributed by atoms with E-state index in [1.165, 1.54) is 18.6 Å². The van der Waals surface area contributed by atoms with E-state index in [0.29, 0.717) is 21.2 Å². The molecule has 1 heterocycles. The number of hydrogen-bond donors (Lipinski definition) is 1. The second-order valence-electron chi connectivity index (χ2n) is 3.72. The van der Waals surface area contributed by atoms with Crippen LogP contribution < -0.4 is 5.32 Å². The average Bonchev–Trinajstić information content (AvgIpc) is 2.93. The van der Waals surface area contributed by atoms with Crippen LogP contribution in [-0.4, -0.2) is 5.91 Å². The van der Waals surface area contributed by atoms with Crippen LogP contribution in [0.15, 0.2) is 41.2 Å². The second-order valence-corrected chi connectivity index (χ2v) is 4.54. The number of nitrogens with zero attached hydrogens (tertiary/aromatic N) is 1. The summed E-state index contributed by atoms with van der Waals surface area (Å²) in [4.78, 5) is 11.8. The van der Waals surface area contributed by atoms with Gasteiger partial charge in [-0.2, -0.15) is 5.26 Å². The van der Waals surface area contributed by atoms with Crippen LogP contribution in [0, 0.1) is 11.3 Å². The van der Waals surface area contributed by atoms with Gasteiger partial charge in [0.15, 0.2) is 0 Å². The highest BCUT2D eigenvalue weighted by Gasteiger charge is 2.16. The standard InChI is InChI=1S/C13H8Cl2N2O2/c14-10-2-1-8(5-11(10)15)12(6-16)17-13(18)9-3-4-19-7-9/h1-5,7,12H,(H,17,18)/t12-/m0/s1. The van der Waals surface area contributed by atoms with Gasteiger partial charge in [0, 0.05) is 0 Å². The van der Waals surface area contributed by atoms with Gasteiger partial charge in [-0.1, -0.05) is 29.3 Å². The highest BCUT2D eigenvalue weighted by molar-refractivity contribution is 6.42. The first-order chi connectivity index (χ1) is 9.11. The molecule has 1 atom stereocenters. The number of benzene rings is 1. The number of nitrogens with one attached hydrogen (secondary N) is 1. The van der Waals surface area contributed by atoms with E-state index in [-0.39, 0.29) is 0 Å². The van der Waals surface area contributed by atoms with Crippen molar-refractivity contribution in [3.05, 3.63) is 58.0 Å². The van der Waals surface area contributed by atoms with Crippen LogP contribution in [0.1, 0.15) is 22.0 Å². The Morgan fingerprint density at radius 2 is 2.11 bits per heavy atom. The second kappa shape index (κ2) is 5.79. The van der Waals surface area contributed by atoms with Crippen LogP contribution in [-0.2, 0) is 0 Å². The molecule has 1 aromatic carbocycles. The van der Waals surface area contributed by atoms with Crippen LogP contribution in [0.2, 0.25) is 10.0 Å². The van der Waals surface area contributed by atoms with Crippen molar-refractivity contribution in [2.24, 2.45) is 0 Å². The van der Waals surface area contributed by atoms with Crippen LogP contribution in [0.3, 0.4) is 0 Å². The quantitative estimate of drug-likeness (QED) is 0.941. The van der Waals surface area contributed by atoms with E-state index in [4.69, 9.17) is 32.9 Å². The third-order valence-electron chi connectivity index (χ3n) is 2.46. The van der Waals surface area contributed by atoms with Gasteiger partial charge in [0.2, 0.25) is 0 Å². The molecule has 96 valence electrons. The zero-order valence-electron chi connectivity index (χ0n) is 9.56. The van der Waals surface area contributed by atoms with Gasteiger partial charge in [0.25, 0.3) is 5.91 Å². The summed E-state index contributed by atoms with van der Waals surface area (Å²) in [7, 11) is 0. The molecule has 6 heteroatoms. The van der Waals surface area contributed by atoms with Crippen molar-refractivity contribution in [3.63, 3.8) is 0 Å². The van der Waals surface area contributed by atoms with Gasteiger partial charge >= 0.3 is 0 Å². The summed E-state index contributed by atoms with van der Waals surface area (Å²) in [5.74, 6) is -0.397. The summed E-state index contributed by atoms with van der Waals surface area (Å²) in [6.07, 6.45) is 2.69. The van der Waals surface area contributed by atoms with Gasteiger partial charge in [-0.25, -0.2) is 0 Å². The van der Waals surface area contributed by atoms with Crippen LogP contribution in [0.4, 0.5) is 0 Å². The lowest BCUT2D eigenvalue weighted by molar-refractivity contribution is 0.0944. The molecule has 0 bridgehead atoms. The van der Waals surface area contributed by atoms with E-state index in [0.717, 1.165) is 0 Å². The van der Waals surface area contributed by atoms with Gasteiger partial charge in [0.05, 0.1) is 27.9 Å². The summed E-state index contributed by atoms with van der Waals surface area (Å²) < 4.78 is 4.81. The maximum atomic E-state index is 11.8. The SMILES string of the molecule is N#C[C@H](NC(=O)c1ccoc1)c1ccc(Cl)c(Cl)c1. The smallest absolute Gasteiger partial charge is 0.255 e. The summed E-state index contributed by atoms with van der Waals surface area (Å²) >= 11 is 11.7. The maximum absolute atomic E-state index is 11.8. The van der Waals surface area contributed by atoms with Gasteiger partial charge in [-0.05, 0) is 23.8 Å². The Hall–Kier alpha value is -1.96. The fourth-order valence-electron chi connectivity index (χ4n) is 1.49. The molecule has 2 rings (SSSR count). The highest BCUT2D eigenvalue weighted by Crippen LogP contribution is 2.25. The fourth-order valence-corrected chi connectivity index (χ4v) is 1.80. The fraction of sp³-hybridized carbons (Fsp3) is 0.0769. The molecular weight excluding hydrogens is 287 g/mol. The lowest BCUT2D eigenvalue weighted by Crippen LogP contribution is -2.27. The number of furan rings is 1. The summed E-state index contributed by atoms with van der Waals surface area (Å²) in [6.45, 7) is 0. The lowest BCUT2D eigenvalue weighted by atomic mass is 10.1. The Morgan fingerprint density at radius 1 is 1.32 bits per heavy atom. The molecule has 0 aliphatic rings. The number of carbonyl (C=O) groups is 1. The third kappa shape index (κ3) is 3.08. The molecule has 2 aromatic rings. The van der Waals surface area contributed by atoms with Crippen molar-refractivity contribution in [2.75, 3.05) is 0 Å².